The zero-order chi connectivity index (χ0) is 14.4. The molecule has 1 aromatic carbocycles. The molecule has 0 aliphatic carbocycles. The summed E-state index contributed by atoms with van der Waals surface area (Å²) in [6.07, 6.45) is 0. The largest absolute Gasteiger partial charge is 0.397 e. The van der Waals surface area contributed by atoms with Crippen LogP contribution >= 0.6 is 0 Å². The fourth-order valence-corrected chi connectivity index (χ4v) is 1.59. The van der Waals surface area contributed by atoms with Gasteiger partial charge in [0.2, 0.25) is 5.91 Å². The van der Waals surface area contributed by atoms with E-state index < -0.39 is 11.6 Å². The lowest BCUT2D eigenvalue weighted by Gasteiger charge is -2.21. The van der Waals surface area contributed by atoms with Crippen LogP contribution in [0, 0.1) is 11.6 Å². The number of nitrogens with two attached hydrogens (primary N) is 1. The van der Waals surface area contributed by atoms with E-state index in [1.807, 2.05) is 0 Å². The molecular formula is C12H17F2N3O2. The SMILES string of the molecule is COCCNC(=O)CN(C)c1c(N)ccc(F)c1F. The summed E-state index contributed by atoms with van der Waals surface area (Å²) in [7, 11) is 2.98. The molecule has 0 radical (unpaired) electrons. The third-order valence-corrected chi connectivity index (χ3v) is 2.49. The van der Waals surface area contributed by atoms with Crippen molar-refractivity contribution in [1.29, 1.82) is 0 Å². The summed E-state index contributed by atoms with van der Waals surface area (Å²) in [5, 5.41) is 2.58. The molecule has 19 heavy (non-hydrogen) atoms. The average molecular weight is 273 g/mol. The molecular weight excluding hydrogens is 256 g/mol. The summed E-state index contributed by atoms with van der Waals surface area (Å²) in [6.45, 7) is 0.602. The Labute approximate surface area is 110 Å². The average Bonchev–Trinajstić information content (AvgIpc) is 2.34. The van der Waals surface area contributed by atoms with Gasteiger partial charge in [0.25, 0.3) is 0 Å². The lowest BCUT2D eigenvalue weighted by atomic mass is 10.2. The van der Waals surface area contributed by atoms with Crippen LogP contribution in [0.3, 0.4) is 0 Å². The molecule has 1 rings (SSSR count). The number of hydrogen-bond donors (Lipinski definition) is 2. The number of nitrogens with one attached hydrogen (secondary N) is 1. The number of rotatable bonds is 6. The quantitative estimate of drug-likeness (QED) is 0.593. The first-order chi connectivity index (χ1) is 8.97. The number of halogens is 2. The van der Waals surface area contributed by atoms with Crippen LogP contribution in [0.25, 0.3) is 0 Å². The van der Waals surface area contributed by atoms with Crippen LogP contribution in [-0.4, -0.2) is 39.8 Å². The Kier molecular flexibility index (Phi) is 5.50. The number of methoxy groups -OCH3 is 1. The van der Waals surface area contributed by atoms with Gasteiger partial charge in [0.05, 0.1) is 24.5 Å². The fourth-order valence-electron chi connectivity index (χ4n) is 1.59. The first kappa shape index (κ1) is 15.2. The van der Waals surface area contributed by atoms with Gasteiger partial charge in [0.15, 0.2) is 11.6 Å². The van der Waals surface area contributed by atoms with Gasteiger partial charge in [0, 0.05) is 20.7 Å². The van der Waals surface area contributed by atoms with Crippen LogP contribution in [-0.2, 0) is 9.53 Å². The molecule has 5 nitrogen and oxygen atoms in total. The van der Waals surface area contributed by atoms with Crippen molar-refractivity contribution in [2.75, 3.05) is 44.5 Å². The van der Waals surface area contributed by atoms with Crippen molar-refractivity contribution in [3.05, 3.63) is 23.8 Å². The predicted octanol–water partition coefficient (Wildman–Crippen LogP) is 0.746. The number of carbonyl (C=O) groups excluding carboxylic acids is 1. The summed E-state index contributed by atoms with van der Waals surface area (Å²) >= 11 is 0. The van der Waals surface area contributed by atoms with E-state index >= 15 is 0 Å². The van der Waals surface area contributed by atoms with Crippen LogP contribution in [0.5, 0.6) is 0 Å². The maximum atomic E-state index is 13.6. The lowest BCUT2D eigenvalue weighted by molar-refractivity contribution is -0.119. The second-order valence-electron chi connectivity index (χ2n) is 4.00. The molecule has 3 N–H and O–H groups in total. The highest BCUT2D eigenvalue weighted by atomic mass is 19.2. The van der Waals surface area contributed by atoms with Gasteiger partial charge in [-0.3, -0.25) is 4.79 Å². The second kappa shape index (κ2) is 6.89. The Balaban J connectivity index is 2.70. The number of likely N-dealkylation sites (N-methyl/N-ethyl adjacent to an activating group) is 1. The van der Waals surface area contributed by atoms with Crippen LogP contribution in [0.4, 0.5) is 20.2 Å². The Hall–Kier alpha value is -1.89. The van der Waals surface area contributed by atoms with Gasteiger partial charge >= 0.3 is 0 Å². The summed E-state index contributed by atoms with van der Waals surface area (Å²) < 4.78 is 31.5. The minimum atomic E-state index is -1.06. The van der Waals surface area contributed by atoms with Gasteiger partial charge in [-0.15, -0.1) is 0 Å². The van der Waals surface area contributed by atoms with Crippen molar-refractivity contribution in [2.45, 2.75) is 0 Å². The van der Waals surface area contributed by atoms with Crippen LogP contribution in [0.1, 0.15) is 0 Å². The molecule has 1 aromatic rings. The number of amides is 1. The number of hydrogen-bond acceptors (Lipinski definition) is 4. The van der Waals surface area contributed by atoms with Crippen molar-refractivity contribution in [1.82, 2.24) is 5.32 Å². The highest BCUT2D eigenvalue weighted by Crippen LogP contribution is 2.27. The summed E-state index contributed by atoms with van der Waals surface area (Å²) in [6, 6.07) is 2.20. The summed E-state index contributed by atoms with van der Waals surface area (Å²) in [5.41, 5.74) is 5.54. The molecule has 0 spiro atoms. The topological polar surface area (TPSA) is 67.6 Å². The lowest BCUT2D eigenvalue weighted by Crippen LogP contribution is -2.37. The smallest absolute Gasteiger partial charge is 0.239 e. The molecule has 0 aromatic heterocycles. The van der Waals surface area contributed by atoms with Crippen molar-refractivity contribution >= 4 is 17.3 Å². The summed E-state index contributed by atoms with van der Waals surface area (Å²) in [4.78, 5) is 12.8. The number of nitrogens with zero attached hydrogens (tertiary/aromatic N) is 1. The number of nitrogen functional groups attached to an aromatic ring is 1. The molecule has 0 fully saturated rings. The van der Waals surface area contributed by atoms with E-state index in [-0.39, 0.29) is 23.8 Å². The Morgan fingerprint density at radius 2 is 2.16 bits per heavy atom. The normalized spacial score (nSPS) is 10.3. The second-order valence-corrected chi connectivity index (χ2v) is 4.00. The first-order valence-corrected chi connectivity index (χ1v) is 5.67. The number of carbonyl (C=O) groups is 1. The number of benzene rings is 1. The van der Waals surface area contributed by atoms with E-state index in [2.05, 4.69) is 5.32 Å². The van der Waals surface area contributed by atoms with Gasteiger partial charge in [-0.05, 0) is 12.1 Å². The van der Waals surface area contributed by atoms with E-state index in [1.165, 1.54) is 25.1 Å². The maximum Gasteiger partial charge on any atom is 0.239 e. The first-order valence-electron chi connectivity index (χ1n) is 5.67. The molecule has 0 atom stereocenters. The fraction of sp³-hybridized carbons (Fsp3) is 0.417. The van der Waals surface area contributed by atoms with Crippen molar-refractivity contribution in [3.8, 4) is 0 Å². The van der Waals surface area contributed by atoms with E-state index in [1.54, 1.807) is 0 Å². The van der Waals surface area contributed by atoms with E-state index in [9.17, 15) is 13.6 Å². The molecule has 1 amide bonds. The Morgan fingerprint density at radius 3 is 2.79 bits per heavy atom. The minimum absolute atomic E-state index is 0.0751. The highest BCUT2D eigenvalue weighted by Gasteiger charge is 2.17. The third kappa shape index (κ3) is 4.06. The monoisotopic (exact) mass is 273 g/mol. The van der Waals surface area contributed by atoms with Gasteiger partial charge in [-0.1, -0.05) is 0 Å². The minimum Gasteiger partial charge on any atom is -0.397 e. The molecule has 0 bridgehead atoms. The van der Waals surface area contributed by atoms with Crippen molar-refractivity contribution in [2.24, 2.45) is 0 Å². The zero-order valence-electron chi connectivity index (χ0n) is 10.9. The van der Waals surface area contributed by atoms with Gasteiger partial charge in [-0.2, -0.15) is 0 Å². The molecule has 0 saturated carbocycles. The van der Waals surface area contributed by atoms with Gasteiger partial charge < -0.3 is 20.7 Å². The van der Waals surface area contributed by atoms with Crippen molar-refractivity contribution < 1.29 is 18.3 Å². The van der Waals surface area contributed by atoms with Crippen LogP contribution in [0.2, 0.25) is 0 Å². The molecule has 0 aliphatic rings. The summed E-state index contributed by atoms with van der Waals surface area (Å²) in [5.74, 6) is -2.40. The zero-order valence-corrected chi connectivity index (χ0v) is 10.9. The third-order valence-electron chi connectivity index (χ3n) is 2.49. The van der Waals surface area contributed by atoms with Gasteiger partial charge in [-0.25, -0.2) is 8.78 Å². The van der Waals surface area contributed by atoms with E-state index in [4.69, 9.17) is 10.5 Å². The number of anilines is 2. The van der Waals surface area contributed by atoms with Crippen molar-refractivity contribution in [3.63, 3.8) is 0 Å². The molecule has 7 heteroatoms. The van der Waals surface area contributed by atoms with E-state index in [0.717, 1.165) is 6.07 Å². The molecule has 0 aliphatic heterocycles. The molecule has 0 heterocycles. The highest BCUT2D eigenvalue weighted by molar-refractivity contribution is 5.83. The van der Waals surface area contributed by atoms with Crippen LogP contribution in [0.15, 0.2) is 12.1 Å². The molecule has 106 valence electrons. The number of ether oxygens (including phenoxy) is 1. The standard InChI is InChI=1S/C12H17F2N3O2/c1-17(7-10(18)16-5-6-19-2)12-9(15)4-3-8(13)11(12)14/h3-4H,5-7,15H2,1-2H3,(H,16,18). The Morgan fingerprint density at radius 1 is 1.47 bits per heavy atom. The van der Waals surface area contributed by atoms with E-state index in [0.29, 0.717) is 13.2 Å². The van der Waals surface area contributed by atoms with Crippen LogP contribution < -0.4 is 16.0 Å². The Bertz CT molecular complexity index is 455. The molecule has 0 saturated heterocycles. The maximum absolute atomic E-state index is 13.6. The van der Waals surface area contributed by atoms with Gasteiger partial charge in [0.1, 0.15) is 0 Å². The predicted molar refractivity (Wildman–Crippen MR) is 68.9 cm³/mol. The molecule has 0 unspecified atom stereocenters.